The van der Waals surface area contributed by atoms with E-state index in [1.807, 2.05) is 39.0 Å². The quantitative estimate of drug-likeness (QED) is 0.196. The maximum Gasteiger partial charge on any atom is 0.338 e. The van der Waals surface area contributed by atoms with Crippen molar-refractivity contribution in [2.45, 2.75) is 33.6 Å². The number of benzene rings is 3. The highest BCUT2D eigenvalue weighted by atomic mass is 35.5. The number of anilines is 3. The first-order valence-electron chi connectivity index (χ1n) is 12.5. The lowest BCUT2D eigenvalue weighted by Crippen LogP contribution is -2.32. The maximum atomic E-state index is 13.2. The Morgan fingerprint density at radius 2 is 1.56 bits per heavy atom. The van der Waals surface area contributed by atoms with Crippen molar-refractivity contribution in [1.29, 1.82) is 0 Å². The molecule has 0 unspecified atom stereocenters. The van der Waals surface area contributed by atoms with Gasteiger partial charge in [-0.1, -0.05) is 37.1 Å². The molecule has 200 valence electrons. The minimum absolute atomic E-state index is 0.106. The second-order valence-electron chi connectivity index (χ2n) is 9.21. The van der Waals surface area contributed by atoms with Crippen molar-refractivity contribution in [3.05, 3.63) is 99.7 Å². The van der Waals surface area contributed by atoms with Gasteiger partial charge in [0.1, 0.15) is 10.7 Å². The van der Waals surface area contributed by atoms with Crippen molar-refractivity contribution in [1.82, 2.24) is 0 Å². The summed E-state index contributed by atoms with van der Waals surface area (Å²) < 4.78 is 5.23. The lowest BCUT2D eigenvalue weighted by atomic mass is 10.1. The predicted octanol–water partition coefficient (Wildman–Crippen LogP) is 5.95. The van der Waals surface area contributed by atoms with Crippen LogP contribution in [0.4, 0.5) is 17.1 Å². The first-order chi connectivity index (χ1) is 18.7. The van der Waals surface area contributed by atoms with Gasteiger partial charge >= 0.3 is 5.97 Å². The number of imide groups is 1. The first kappa shape index (κ1) is 27.6. The van der Waals surface area contributed by atoms with E-state index in [1.54, 1.807) is 36.4 Å². The van der Waals surface area contributed by atoms with Crippen molar-refractivity contribution in [3.63, 3.8) is 0 Å². The Hall–Kier alpha value is -4.43. The van der Waals surface area contributed by atoms with Crippen LogP contribution in [-0.2, 0) is 14.3 Å². The van der Waals surface area contributed by atoms with E-state index in [0.29, 0.717) is 16.9 Å². The number of amides is 3. The normalized spacial score (nSPS) is 13.1. The van der Waals surface area contributed by atoms with Crippen LogP contribution < -0.4 is 15.5 Å². The van der Waals surface area contributed by atoms with E-state index in [-0.39, 0.29) is 34.5 Å². The Balaban J connectivity index is 1.45. The number of hydrogen-bond donors (Lipinski definition) is 2. The van der Waals surface area contributed by atoms with E-state index in [2.05, 4.69) is 10.6 Å². The highest BCUT2D eigenvalue weighted by molar-refractivity contribution is 6.53. The van der Waals surface area contributed by atoms with Crippen LogP contribution in [0, 0.1) is 13.8 Å². The van der Waals surface area contributed by atoms with Crippen LogP contribution in [0.1, 0.15) is 51.6 Å². The summed E-state index contributed by atoms with van der Waals surface area (Å²) in [6, 6.07) is 18.3. The van der Waals surface area contributed by atoms with E-state index in [0.717, 1.165) is 28.9 Å². The third-order valence-corrected chi connectivity index (χ3v) is 6.35. The number of esters is 1. The van der Waals surface area contributed by atoms with Crippen LogP contribution >= 0.6 is 11.6 Å². The molecule has 1 heterocycles. The molecule has 3 aromatic rings. The molecule has 9 heteroatoms. The average molecular weight is 546 g/mol. The van der Waals surface area contributed by atoms with Gasteiger partial charge in [-0.15, -0.1) is 0 Å². The fraction of sp³-hybridized carbons (Fsp3) is 0.200. The largest absolute Gasteiger partial charge is 0.462 e. The first-order valence-corrected chi connectivity index (χ1v) is 12.9. The van der Waals surface area contributed by atoms with Gasteiger partial charge in [0.15, 0.2) is 0 Å². The molecule has 0 atom stereocenters. The fourth-order valence-electron chi connectivity index (χ4n) is 4.11. The molecule has 39 heavy (non-hydrogen) atoms. The summed E-state index contributed by atoms with van der Waals surface area (Å²) >= 11 is 6.25. The van der Waals surface area contributed by atoms with E-state index in [1.165, 1.54) is 12.1 Å². The highest BCUT2D eigenvalue weighted by Crippen LogP contribution is 2.31. The van der Waals surface area contributed by atoms with E-state index >= 15 is 0 Å². The molecule has 0 aliphatic carbocycles. The number of rotatable bonds is 9. The van der Waals surface area contributed by atoms with Crippen molar-refractivity contribution >= 4 is 52.4 Å². The minimum atomic E-state index is -0.717. The zero-order valence-electron chi connectivity index (χ0n) is 21.8. The van der Waals surface area contributed by atoms with Crippen molar-refractivity contribution < 1.29 is 23.9 Å². The maximum absolute atomic E-state index is 13.2. The summed E-state index contributed by atoms with van der Waals surface area (Å²) in [5.74, 6) is -2.21. The number of carbonyl (C=O) groups is 4. The van der Waals surface area contributed by atoms with Crippen LogP contribution in [0.15, 0.2) is 77.5 Å². The number of hydrogen-bond acceptors (Lipinski definition) is 6. The van der Waals surface area contributed by atoms with E-state index in [4.69, 9.17) is 16.3 Å². The monoisotopic (exact) mass is 545 g/mol. The molecule has 8 nitrogen and oxygen atoms in total. The van der Waals surface area contributed by atoms with Gasteiger partial charge in [0.05, 0.1) is 17.9 Å². The Bertz CT molecular complexity index is 1460. The zero-order valence-corrected chi connectivity index (χ0v) is 22.6. The Kier molecular flexibility index (Phi) is 8.46. The summed E-state index contributed by atoms with van der Waals surface area (Å²) in [6.45, 7) is 6.19. The molecule has 2 N–H and O–H groups in total. The van der Waals surface area contributed by atoms with Crippen molar-refractivity contribution in [2.75, 3.05) is 22.1 Å². The molecule has 3 aromatic carbocycles. The summed E-state index contributed by atoms with van der Waals surface area (Å²) in [4.78, 5) is 52.0. The molecule has 0 bridgehead atoms. The van der Waals surface area contributed by atoms with Crippen LogP contribution in [0.2, 0.25) is 0 Å². The van der Waals surface area contributed by atoms with E-state index < -0.39 is 17.8 Å². The van der Waals surface area contributed by atoms with Gasteiger partial charge in [-0.25, -0.2) is 9.69 Å². The van der Waals surface area contributed by atoms with E-state index in [9.17, 15) is 19.2 Å². The Morgan fingerprint density at radius 3 is 2.23 bits per heavy atom. The second kappa shape index (κ2) is 12.0. The molecule has 0 saturated heterocycles. The molecule has 0 saturated carbocycles. The fourth-order valence-corrected chi connectivity index (χ4v) is 4.32. The van der Waals surface area contributed by atoms with Gasteiger partial charge in [0.25, 0.3) is 17.7 Å². The SMILES string of the molecule is CCCCOC(=O)c1cccc(N2C(=O)C(Cl)=C(Nc3ccc(C(=O)Nc4cc(C)cc(C)c4)cc3)C2=O)c1. The number of nitrogens with zero attached hydrogens (tertiary/aromatic N) is 1. The molecule has 0 spiro atoms. The van der Waals surface area contributed by atoms with Crippen LogP contribution in [0.25, 0.3) is 0 Å². The van der Waals surface area contributed by atoms with Gasteiger partial charge in [-0.05, 0) is 86.0 Å². The predicted molar refractivity (Wildman–Crippen MR) is 151 cm³/mol. The molecule has 1 aliphatic heterocycles. The molecule has 0 radical (unpaired) electrons. The summed E-state index contributed by atoms with van der Waals surface area (Å²) in [6.07, 6.45) is 1.62. The highest BCUT2D eigenvalue weighted by Gasteiger charge is 2.39. The molecule has 0 fully saturated rings. The van der Waals surface area contributed by atoms with Gasteiger partial charge in [0, 0.05) is 16.9 Å². The van der Waals surface area contributed by atoms with Crippen molar-refractivity contribution in [2.24, 2.45) is 0 Å². The topological polar surface area (TPSA) is 105 Å². The average Bonchev–Trinajstić information content (AvgIpc) is 3.11. The van der Waals surface area contributed by atoms with Crippen LogP contribution in [0.3, 0.4) is 0 Å². The van der Waals surface area contributed by atoms with Crippen LogP contribution in [0.5, 0.6) is 0 Å². The van der Waals surface area contributed by atoms with Gasteiger partial charge in [-0.2, -0.15) is 0 Å². The van der Waals surface area contributed by atoms with Gasteiger partial charge in [-0.3, -0.25) is 14.4 Å². The third kappa shape index (κ3) is 6.35. The Labute approximate surface area is 231 Å². The lowest BCUT2D eigenvalue weighted by Gasteiger charge is -2.16. The standard InChI is InChI=1S/C30H28ClN3O5/c1-4-5-13-39-30(38)21-7-6-8-24(17-21)34-28(36)25(31)26(29(34)37)32-22-11-9-20(10-12-22)27(35)33-23-15-18(2)14-19(3)16-23/h6-12,14-17,32H,4-5,13H2,1-3H3,(H,33,35). The molecule has 4 rings (SSSR count). The molecule has 0 aromatic heterocycles. The number of unbranched alkanes of at least 4 members (excludes halogenated alkanes) is 1. The van der Waals surface area contributed by atoms with Gasteiger partial charge < -0.3 is 15.4 Å². The molecule has 3 amide bonds. The van der Waals surface area contributed by atoms with Gasteiger partial charge in [0.2, 0.25) is 0 Å². The Morgan fingerprint density at radius 1 is 0.872 bits per heavy atom. The minimum Gasteiger partial charge on any atom is -0.462 e. The number of aryl methyl sites for hydroxylation is 2. The molecule has 1 aliphatic rings. The summed E-state index contributed by atoms with van der Waals surface area (Å²) in [7, 11) is 0. The zero-order chi connectivity index (χ0) is 28.1. The van der Waals surface area contributed by atoms with Crippen molar-refractivity contribution in [3.8, 4) is 0 Å². The molecular formula is C30H28ClN3O5. The smallest absolute Gasteiger partial charge is 0.338 e. The number of halogens is 1. The lowest BCUT2D eigenvalue weighted by molar-refractivity contribution is -0.120. The summed E-state index contributed by atoms with van der Waals surface area (Å²) in [5.41, 5.74) is 3.96. The third-order valence-electron chi connectivity index (χ3n) is 5.99. The second-order valence-corrected chi connectivity index (χ2v) is 9.59. The number of carbonyl (C=O) groups excluding carboxylic acids is 4. The number of nitrogens with one attached hydrogen (secondary N) is 2. The number of ether oxygens (including phenoxy) is 1. The summed E-state index contributed by atoms with van der Waals surface area (Å²) in [5, 5.41) is 5.48. The van der Waals surface area contributed by atoms with Crippen LogP contribution in [-0.4, -0.2) is 30.3 Å². The molecular weight excluding hydrogens is 518 g/mol.